The molecule has 1 nitrogen and oxygen atoms in total. The van der Waals surface area contributed by atoms with E-state index in [1.807, 2.05) is 0 Å². The number of Topliss-reactive ketones (excluding diaryl/α,β-unsaturated/α-hetero) is 1. The molecule has 0 amide bonds. The van der Waals surface area contributed by atoms with Gasteiger partial charge in [0.25, 0.3) is 0 Å². The fourth-order valence-corrected chi connectivity index (χ4v) is 1.07. The van der Waals surface area contributed by atoms with Crippen LogP contribution in [0.25, 0.3) is 0 Å². The van der Waals surface area contributed by atoms with Crippen LogP contribution >= 0.6 is 0 Å². The Bertz CT molecular complexity index is 377. The number of benzene rings is 1. The van der Waals surface area contributed by atoms with E-state index in [0.29, 0.717) is 6.07 Å². The zero-order chi connectivity index (χ0) is 10.9. The second-order valence-corrected chi connectivity index (χ2v) is 2.84. The molecule has 0 aliphatic heterocycles. The Kier molecular flexibility index (Phi) is 5.70. The van der Waals surface area contributed by atoms with Crippen molar-refractivity contribution in [2.45, 2.75) is 6.92 Å². The summed E-state index contributed by atoms with van der Waals surface area (Å²) in [4.78, 5) is 10.7. The van der Waals surface area contributed by atoms with E-state index in [-0.39, 0.29) is 51.4 Å². The molecule has 0 heterocycles. The van der Waals surface area contributed by atoms with Gasteiger partial charge in [-0.15, -0.1) is 0 Å². The fourth-order valence-electron chi connectivity index (χ4n) is 1.07. The summed E-state index contributed by atoms with van der Waals surface area (Å²) in [5.74, 6) is -2.20. The van der Waals surface area contributed by atoms with Crippen LogP contribution < -0.4 is 56.8 Å². The summed E-state index contributed by atoms with van der Waals surface area (Å²) in [5, 5.41) is 0. The van der Waals surface area contributed by atoms with E-state index in [1.165, 1.54) is 0 Å². The van der Waals surface area contributed by atoms with Gasteiger partial charge in [-0.3, -0.25) is 4.79 Å². The Labute approximate surface area is 127 Å². The van der Waals surface area contributed by atoms with E-state index < -0.39 is 29.6 Å². The maximum atomic E-state index is 13.1. The third-order valence-corrected chi connectivity index (χ3v) is 1.76. The van der Waals surface area contributed by atoms with Gasteiger partial charge in [0.1, 0.15) is 5.82 Å². The Hall–Kier alpha value is 0.311. The summed E-state index contributed by atoms with van der Waals surface area (Å²) in [6, 6.07) is 2.68. The molecule has 0 atom stereocenters. The molecule has 0 saturated carbocycles. The van der Waals surface area contributed by atoms with Gasteiger partial charge < -0.3 is 12.9 Å². The minimum Gasteiger partial charge on any atom is -0.445 e. The van der Waals surface area contributed by atoms with Crippen LogP contribution in [0, 0.1) is 5.82 Å². The number of halogens is 4. The topological polar surface area (TPSA) is 17.1 Å². The molecule has 1 rings (SSSR count). The molecule has 76 valence electrons. The monoisotopic (exact) mass is 244 g/mol. The maximum absolute atomic E-state index is 13.1. The minimum atomic E-state index is -5.40. The molecule has 0 aliphatic carbocycles. The molecule has 0 saturated heterocycles. The molecule has 1 aromatic rings. The van der Waals surface area contributed by atoms with Gasteiger partial charge in [0.15, 0.2) is 5.78 Å². The summed E-state index contributed by atoms with van der Waals surface area (Å²) in [6.07, 6.45) is 0. The first-order chi connectivity index (χ1) is 6.34. The summed E-state index contributed by atoms with van der Waals surface area (Å²) < 4.78 is 49.7. The van der Waals surface area contributed by atoms with Crippen LogP contribution in [-0.2, 0) is 0 Å². The summed E-state index contributed by atoms with van der Waals surface area (Å²) in [6.45, 7) is -4.39. The Morgan fingerprint density at radius 2 is 1.80 bits per heavy atom. The SMILES string of the molecule is CC(=O)c1cccc([B-](F)(F)F)c1F.[K+]. The molecule has 0 spiro atoms. The molecule has 0 aliphatic rings. The summed E-state index contributed by atoms with van der Waals surface area (Å²) >= 11 is 0. The predicted octanol–water partition coefficient (Wildman–Crippen LogP) is -0.913. The molecular weight excluding hydrogens is 238 g/mol. The van der Waals surface area contributed by atoms with Crippen molar-refractivity contribution in [2.75, 3.05) is 0 Å². The van der Waals surface area contributed by atoms with Crippen LogP contribution in [0.5, 0.6) is 0 Å². The summed E-state index contributed by atoms with van der Waals surface area (Å²) in [7, 11) is 0. The molecule has 7 heteroatoms. The van der Waals surface area contributed by atoms with Gasteiger partial charge in [0.2, 0.25) is 0 Å². The first-order valence-corrected chi connectivity index (χ1v) is 3.83. The Balaban J connectivity index is 0.00000196. The summed E-state index contributed by atoms with van der Waals surface area (Å²) in [5.41, 5.74) is -1.88. The first kappa shape index (κ1) is 15.3. The van der Waals surface area contributed by atoms with E-state index in [0.717, 1.165) is 19.1 Å². The third kappa shape index (κ3) is 3.67. The molecule has 0 unspecified atom stereocenters. The number of carbonyl (C=O) groups is 1. The van der Waals surface area contributed by atoms with Crippen LogP contribution in [0.15, 0.2) is 18.2 Å². The largest absolute Gasteiger partial charge is 1.00 e. The smallest absolute Gasteiger partial charge is 0.445 e. The van der Waals surface area contributed by atoms with Gasteiger partial charge >= 0.3 is 58.4 Å². The van der Waals surface area contributed by atoms with Crippen molar-refractivity contribution in [1.82, 2.24) is 0 Å². The molecule has 0 radical (unpaired) electrons. The first-order valence-electron chi connectivity index (χ1n) is 3.83. The van der Waals surface area contributed by atoms with Gasteiger partial charge in [-0.1, -0.05) is 17.6 Å². The molecule has 0 bridgehead atoms. The normalized spacial score (nSPS) is 10.7. The van der Waals surface area contributed by atoms with Gasteiger partial charge in [-0.25, -0.2) is 4.39 Å². The predicted molar refractivity (Wildman–Crippen MR) is 45.1 cm³/mol. The van der Waals surface area contributed by atoms with Gasteiger partial charge in [-0.2, -0.15) is 0 Å². The van der Waals surface area contributed by atoms with Crippen LogP contribution in [0.1, 0.15) is 17.3 Å². The van der Waals surface area contributed by atoms with Crippen molar-refractivity contribution in [3.05, 3.63) is 29.6 Å². The zero-order valence-corrected chi connectivity index (χ0v) is 11.4. The van der Waals surface area contributed by atoms with Crippen molar-refractivity contribution in [3.8, 4) is 0 Å². The van der Waals surface area contributed by atoms with Crippen LogP contribution in [0.2, 0.25) is 0 Å². The van der Waals surface area contributed by atoms with Crippen molar-refractivity contribution >= 4 is 18.2 Å². The van der Waals surface area contributed by atoms with Crippen LogP contribution in [-0.4, -0.2) is 12.8 Å². The maximum Gasteiger partial charge on any atom is 1.00 e. The van der Waals surface area contributed by atoms with Crippen molar-refractivity contribution in [2.24, 2.45) is 0 Å². The van der Waals surface area contributed by atoms with E-state index in [9.17, 15) is 22.1 Å². The van der Waals surface area contributed by atoms with E-state index in [1.54, 1.807) is 0 Å². The number of carbonyl (C=O) groups excluding carboxylic acids is 1. The standard InChI is InChI=1S/C8H6BF4O.K/c1-5(14)6-3-2-4-7(8(6)10)9(11,12)13;/h2-4H,1H3;/q-1;+1. The second kappa shape index (κ2) is 5.58. The number of hydrogen-bond acceptors (Lipinski definition) is 1. The number of hydrogen-bond donors (Lipinski definition) is 0. The number of ketones is 1. The molecule has 0 fully saturated rings. The molecule has 0 N–H and O–H groups in total. The Morgan fingerprint density at radius 1 is 1.27 bits per heavy atom. The molecule has 15 heavy (non-hydrogen) atoms. The van der Waals surface area contributed by atoms with Crippen molar-refractivity contribution in [3.63, 3.8) is 0 Å². The van der Waals surface area contributed by atoms with Crippen LogP contribution in [0.4, 0.5) is 17.3 Å². The average molecular weight is 244 g/mol. The quantitative estimate of drug-likeness (QED) is 0.374. The second-order valence-electron chi connectivity index (χ2n) is 2.84. The van der Waals surface area contributed by atoms with E-state index >= 15 is 0 Å². The van der Waals surface area contributed by atoms with Gasteiger partial charge in [0, 0.05) is 5.56 Å². The Morgan fingerprint density at radius 3 is 2.20 bits per heavy atom. The molecular formula is C8H6BF4KO. The minimum absolute atomic E-state index is 0. The van der Waals surface area contributed by atoms with E-state index in [4.69, 9.17) is 0 Å². The van der Waals surface area contributed by atoms with E-state index in [2.05, 4.69) is 0 Å². The van der Waals surface area contributed by atoms with Gasteiger partial charge in [0.05, 0.1) is 0 Å². The molecule has 1 aromatic carbocycles. The van der Waals surface area contributed by atoms with Crippen molar-refractivity contribution < 1.29 is 73.5 Å². The third-order valence-electron chi connectivity index (χ3n) is 1.76. The number of rotatable bonds is 2. The van der Waals surface area contributed by atoms with Crippen LogP contribution in [0.3, 0.4) is 0 Å². The van der Waals surface area contributed by atoms with Crippen molar-refractivity contribution in [1.29, 1.82) is 0 Å². The molecule has 0 aromatic heterocycles. The fraction of sp³-hybridized carbons (Fsp3) is 0.125. The average Bonchev–Trinajstić information content (AvgIpc) is 2.01. The zero-order valence-electron chi connectivity index (χ0n) is 8.23. The van der Waals surface area contributed by atoms with Gasteiger partial charge in [-0.05, 0) is 13.0 Å².